The molecule has 1 unspecified atom stereocenters. The first-order chi connectivity index (χ1) is 10.5. The number of rotatable bonds is 6. The summed E-state index contributed by atoms with van der Waals surface area (Å²) in [6.07, 6.45) is -0.526. The molecule has 1 heterocycles. The molecule has 1 rings (SSSR count). The van der Waals surface area contributed by atoms with Gasteiger partial charge in [-0.05, 0) is 27.7 Å². The number of amides is 2. The van der Waals surface area contributed by atoms with Crippen molar-refractivity contribution in [2.24, 2.45) is 5.73 Å². The molecule has 128 valence electrons. The molecule has 1 aromatic rings. The van der Waals surface area contributed by atoms with Gasteiger partial charge in [0, 0.05) is 13.0 Å². The molecule has 1 aromatic heterocycles. The highest BCUT2D eigenvalue weighted by atomic mass is 16.6. The second-order valence-corrected chi connectivity index (χ2v) is 5.89. The summed E-state index contributed by atoms with van der Waals surface area (Å²) >= 11 is 0. The van der Waals surface area contributed by atoms with Crippen LogP contribution in [0.15, 0.2) is 0 Å². The fourth-order valence-electron chi connectivity index (χ4n) is 1.74. The maximum atomic E-state index is 11.6. The van der Waals surface area contributed by atoms with Crippen molar-refractivity contribution in [2.45, 2.75) is 45.8 Å². The van der Waals surface area contributed by atoms with Crippen LogP contribution in [0.4, 0.5) is 4.79 Å². The van der Waals surface area contributed by atoms with Crippen LogP contribution in [-0.4, -0.2) is 50.2 Å². The van der Waals surface area contributed by atoms with Gasteiger partial charge in [-0.25, -0.2) is 14.3 Å². The zero-order valence-corrected chi connectivity index (χ0v) is 13.5. The number of carbonyl (C=O) groups excluding carboxylic acids is 2. The molecule has 10 nitrogen and oxygen atoms in total. The molecule has 2 amide bonds. The lowest BCUT2D eigenvalue weighted by molar-refractivity contribution is -0.121. The maximum absolute atomic E-state index is 11.6. The van der Waals surface area contributed by atoms with Gasteiger partial charge in [0.15, 0.2) is 5.69 Å². The average molecular weight is 327 g/mol. The van der Waals surface area contributed by atoms with Gasteiger partial charge in [0.2, 0.25) is 5.91 Å². The van der Waals surface area contributed by atoms with Crippen molar-refractivity contribution in [3.05, 3.63) is 11.4 Å². The standard InChI is InChI=1S/C13H21N5O5/c1-7(10(14)19)18-8(9(11(20)21)16-17-18)5-6-15-12(22)23-13(2,3)4/h7H,5-6H2,1-4H3,(H2,14,19)(H,15,22)(H,20,21). The topological polar surface area (TPSA) is 149 Å². The lowest BCUT2D eigenvalue weighted by atomic mass is 10.2. The summed E-state index contributed by atoms with van der Waals surface area (Å²) in [7, 11) is 0. The van der Waals surface area contributed by atoms with Crippen LogP contribution in [0.2, 0.25) is 0 Å². The lowest BCUT2D eigenvalue weighted by Crippen LogP contribution is -2.34. The van der Waals surface area contributed by atoms with Crippen LogP contribution in [0.1, 0.15) is 49.9 Å². The first-order valence-electron chi connectivity index (χ1n) is 6.96. The zero-order chi connectivity index (χ0) is 17.8. The largest absolute Gasteiger partial charge is 0.476 e. The van der Waals surface area contributed by atoms with E-state index in [0.717, 1.165) is 4.68 Å². The number of hydrogen-bond donors (Lipinski definition) is 3. The number of nitrogens with zero attached hydrogens (tertiary/aromatic N) is 3. The van der Waals surface area contributed by atoms with Crippen molar-refractivity contribution in [1.82, 2.24) is 20.3 Å². The normalized spacial score (nSPS) is 12.5. The number of aromatic carboxylic acids is 1. The van der Waals surface area contributed by atoms with E-state index in [0.29, 0.717) is 0 Å². The number of hydrogen-bond acceptors (Lipinski definition) is 6. The van der Waals surface area contributed by atoms with E-state index in [9.17, 15) is 14.4 Å². The van der Waals surface area contributed by atoms with Crippen LogP contribution < -0.4 is 11.1 Å². The Morgan fingerprint density at radius 1 is 1.39 bits per heavy atom. The molecular formula is C13H21N5O5. The number of primary amides is 1. The minimum Gasteiger partial charge on any atom is -0.476 e. The molecule has 10 heteroatoms. The molecule has 0 aliphatic rings. The van der Waals surface area contributed by atoms with Gasteiger partial charge in [-0.3, -0.25) is 4.79 Å². The molecule has 0 fully saturated rings. The Hall–Kier alpha value is -2.65. The smallest absolute Gasteiger partial charge is 0.407 e. The molecule has 1 atom stereocenters. The summed E-state index contributed by atoms with van der Waals surface area (Å²) in [5, 5.41) is 18.8. The second-order valence-electron chi connectivity index (χ2n) is 5.89. The number of carbonyl (C=O) groups is 3. The van der Waals surface area contributed by atoms with E-state index >= 15 is 0 Å². The quantitative estimate of drug-likeness (QED) is 0.670. The molecule has 0 aliphatic carbocycles. The van der Waals surface area contributed by atoms with Crippen molar-refractivity contribution < 1.29 is 24.2 Å². The van der Waals surface area contributed by atoms with Gasteiger partial charge >= 0.3 is 12.1 Å². The van der Waals surface area contributed by atoms with E-state index in [-0.39, 0.29) is 24.4 Å². The van der Waals surface area contributed by atoms with Gasteiger partial charge in [0.05, 0.1) is 5.69 Å². The lowest BCUT2D eigenvalue weighted by Gasteiger charge is -2.19. The molecule has 23 heavy (non-hydrogen) atoms. The monoisotopic (exact) mass is 327 g/mol. The van der Waals surface area contributed by atoms with Crippen LogP contribution in [-0.2, 0) is 16.0 Å². The van der Waals surface area contributed by atoms with Crippen LogP contribution in [0, 0.1) is 0 Å². The Morgan fingerprint density at radius 2 is 2.00 bits per heavy atom. The number of alkyl carbamates (subject to hydrolysis) is 1. The van der Waals surface area contributed by atoms with Gasteiger partial charge in [-0.2, -0.15) is 0 Å². The predicted molar refractivity (Wildman–Crippen MR) is 78.8 cm³/mol. The maximum Gasteiger partial charge on any atom is 0.407 e. The van der Waals surface area contributed by atoms with E-state index in [1.54, 1.807) is 20.8 Å². The number of nitrogens with two attached hydrogens (primary N) is 1. The molecule has 0 aromatic carbocycles. The zero-order valence-electron chi connectivity index (χ0n) is 13.5. The number of aromatic nitrogens is 3. The molecule has 0 saturated carbocycles. The van der Waals surface area contributed by atoms with E-state index < -0.39 is 29.6 Å². The minimum atomic E-state index is -1.28. The van der Waals surface area contributed by atoms with Gasteiger partial charge in [0.1, 0.15) is 11.6 Å². The van der Waals surface area contributed by atoms with E-state index in [1.165, 1.54) is 6.92 Å². The van der Waals surface area contributed by atoms with Crippen molar-refractivity contribution in [1.29, 1.82) is 0 Å². The van der Waals surface area contributed by atoms with Crippen molar-refractivity contribution >= 4 is 18.0 Å². The SMILES string of the molecule is CC(C(N)=O)n1nnc(C(=O)O)c1CCNC(=O)OC(C)(C)C. The highest BCUT2D eigenvalue weighted by Gasteiger charge is 2.24. The van der Waals surface area contributed by atoms with Crippen LogP contribution in [0.25, 0.3) is 0 Å². The Bertz CT molecular complexity index is 604. The molecule has 0 bridgehead atoms. The third-order valence-electron chi connectivity index (χ3n) is 2.80. The molecule has 0 aliphatic heterocycles. The van der Waals surface area contributed by atoms with Gasteiger partial charge in [0.25, 0.3) is 0 Å². The van der Waals surface area contributed by atoms with Crippen LogP contribution in [0.5, 0.6) is 0 Å². The summed E-state index contributed by atoms with van der Waals surface area (Å²) in [6.45, 7) is 6.75. The highest BCUT2D eigenvalue weighted by molar-refractivity contribution is 5.87. The Kier molecular flexibility index (Phi) is 5.66. The molecule has 0 spiro atoms. The Balaban J connectivity index is 2.82. The number of nitrogens with one attached hydrogen (secondary N) is 1. The van der Waals surface area contributed by atoms with E-state index in [2.05, 4.69) is 15.6 Å². The molecular weight excluding hydrogens is 306 g/mol. The molecule has 0 radical (unpaired) electrons. The fraction of sp³-hybridized carbons (Fsp3) is 0.615. The number of carboxylic acid groups (broad SMARTS) is 1. The minimum absolute atomic E-state index is 0.0913. The molecule has 0 saturated heterocycles. The number of ether oxygens (including phenoxy) is 1. The first kappa shape index (κ1) is 18.4. The van der Waals surface area contributed by atoms with Crippen molar-refractivity contribution in [2.75, 3.05) is 6.54 Å². The summed E-state index contributed by atoms with van der Waals surface area (Å²) in [6, 6.07) is -0.855. The average Bonchev–Trinajstić information content (AvgIpc) is 2.79. The Labute approximate surface area is 133 Å². The van der Waals surface area contributed by atoms with Gasteiger partial charge in [-0.1, -0.05) is 5.21 Å². The summed E-state index contributed by atoms with van der Waals surface area (Å²) in [5.74, 6) is -1.95. The number of carboxylic acids is 1. The fourth-order valence-corrected chi connectivity index (χ4v) is 1.74. The Morgan fingerprint density at radius 3 is 2.48 bits per heavy atom. The van der Waals surface area contributed by atoms with Crippen LogP contribution in [0.3, 0.4) is 0 Å². The molecule has 4 N–H and O–H groups in total. The summed E-state index contributed by atoms with van der Waals surface area (Å²) in [4.78, 5) is 34.0. The first-order valence-corrected chi connectivity index (χ1v) is 6.96. The van der Waals surface area contributed by atoms with Gasteiger partial charge in [-0.15, -0.1) is 5.10 Å². The second kappa shape index (κ2) is 7.07. The summed E-state index contributed by atoms with van der Waals surface area (Å²) < 4.78 is 6.21. The third-order valence-corrected chi connectivity index (χ3v) is 2.80. The van der Waals surface area contributed by atoms with E-state index in [4.69, 9.17) is 15.6 Å². The summed E-state index contributed by atoms with van der Waals surface area (Å²) in [5.41, 5.74) is 4.47. The van der Waals surface area contributed by atoms with Crippen LogP contribution >= 0.6 is 0 Å². The van der Waals surface area contributed by atoms with Gasteiger partial charge < -0.3 is 20.9 Å². The predicted octanol–water partition coefficient (Wildman–Crippen LogP) is 0.0898. The van der Waals surface area contributed by atoms with Crippen molar-refractivity contribution in [3.63, 3.8) is 0 Å². The van der Waals surface area contributed by atoms with Crippen molar-refractivity contribution in [3.8, 4) is 0 Å². The highest BCUT2D eigenvalue weighted by Crippen LogP contribution is 2.13. The van der Waals surface area contributed by atoms with E-state index in [1.807, 2.05) is 0 Å². The third kappa shape index (κ3) is 5.24.